The van der Waals surface area contributed by atoms with Crippen molar-refractivity contribution in [2.45, 2.75) is 17.6 Å². The molecule has 1 N–H and O–H groups in total. The standard InChI is InChI=1S/C19H16F4N2O2S/c1-24-11-13-9-18(14-3-2-4-16(20)10-14)25(12-13)28(26,27)17-7-5-15(6-8-17)19(21,22)23/h2-10,12,24H,11H2,1H3/i1D3. The third kappa shape index (κ3) is 3.95. The van der Waals surface area contributed by atoms with E-state index in [1.54, 1.807) is 0 Å². The van der Waals surface area contributed by atoms with Crippen molar-refractivity contribution in [1.82, 2.24) is 9.29 Å². The zero-order valence-corrected chi connectivity index (χ0v) is 15.0. The molecule has 1 heterocycles. The second-order valence-electron chi connectivity index (χ2n) is 5.92. The second kappa shape index (κ2) is 7.40. The highest BCUT2D eigenvalue weighted by atomic mass is 32.2. The minimum Gasteiger partial charge on any atom is -0.316 e. The molecule has 0 unspecified atom stereocenters. The topological polar surface area (TPSA) is 51.1 Å². The highest BCUT2D eigenvalue weighted by Crippen LogP contribution is 2.31. The molecule has 0 radical (unpaired) electrons. The van der Waals surface area contributed by atoms with E-state index in [0.29, 0.717) is 12.1 Å². The van der Waals surface area contributed by atoms with Crippen molar-refractivity contribution in [3.63, 3.8) is 0 Å². The molecular weight excluding hydrogens is 396 g/mol. The van der Waals surface area contributed by atoms with E-state index in [1.807, 2.05) is 0 Å². The van der Waals surface area contributed by atoms with Gasteiger partial charge in [0.15, 0.2) is 0 Å². The zero-order chi connectivity index (χ0) is 23.0. The molecule has 28 heavy (non-hydrogen) atoms. The van der Waals surface area contributed by atoms with E-state index in [4.69, 9.17) is 4.11 Å². The Morgan fingerprint density at radius 1 is 1.11 bits per heavy atom. The summed E-state index contributed by atoms with van der Waals surface area (Å²) in [5.74, 6) is -0.626. The number of nitrogens with zero attached hydrogens (tertiary/aromatic N) is 1. The lowest BCUT2D eigenvalue weighted by molar-refractivity contribution is -0.137. The molecule has 0 aliphatic rings. The van der Waals surface area contributed by atoms with Crippen molar-refractivity contribution in [3.8, 4) is 11.3 Å². The summed E-state index contributed by atoms with van der Waals surface area (Å²) in [5, 5.41) is 2.25. The van der Waals surface area contributed by atoms with Crippen LogP contribution in [-0.2, 0) is 22.7 Å². The Hall–Kier alpha value is -2.65. The molecule has 0 amide bonds. The summed E-state index contributed by atoms with van der Waals surface area (Å²) >= 11 is 0. The normalized spacial score (nSPS) is 14.4. The van der Waals surface area contributed by atoms with E-state index in [2.05, 4.69) is 5.32 Å². The van der Waals surface area contributed by atoms with Crippen LogP contribution >= 0.6 is 0 Å². The van der Waals surface area contributed by atoms with E-state index in [-0.39, 0.29) is 23.4 Å². The molecule has 0 saturated carbocycles. The minimum atomic E-state index is -4.63. The van der Waals surface area contributed by atoms with Crippen LogP contribution in [0.3, 0.4) is 0 Å². The lowest BCUT2D eigenvalue weighted by atomic mass is 10.1. The Labute approximate surface area is 163 Å². The predicted octanol–water partition coefficient (Wildman–Crippen LogP) is 4.27. The third-order valence-corrected chi connectivity index (χ3v) is 5.68. The Bertz CT molecular complexity index is 1190. The monoisotopic (exact) mass is 415 g/mol. The van der Waals surface area contributed by atoms with E-state index < -0.39 is 39.5 Å². The average Bonchev–Trinajstić information content (AvgIpc) is 3.11. The maximum absolute atomic E-state index is 13.7. The Morgan fingerprint density at radius 3 is 2.43 bits per heavy atom. The van der Waals surface area contributed by atoms with Gasteiger partial charge in [-0.05, 0) is 55.0 Å². The van der Waals surface area contributed by atoms with Crippen LogP contribution in [-0.4, -0.2) is 19.4 Å². The van der Waals surface area contributed by atoms with Gasteiger partial charge in [0.25, 0.3) is 10.0 Å². The van der Waals surface area contributed by atoms with Gasteiger partial charge in [-0.25, -0.2) is 16.8 Å². The molecule has 0 bridgehead atoms. The first-order valence-corrected chi connectivity index (χ1v) is 9.36. The van der Waals surface area contributed by atoms with Crippen LogP contribution in [0.5, 0.6) is 0 Å². The average molecular weight is 415 g/mol. The fourth-order valence-electron chi connectivity index (χ4n) is 2.68. The Kier molecular flexibility index (Phi) is 4.31. The second-order valence-corrected chi connectivity index (χ2v) is 7.74. The van der Waals surface area contributed by atoms with Crippen LogP contribution in [0.25, 0.3) is 11.3 Å². The molecule has 9 heteroatoms. The van der Waals surface area contributed by atoms with Crippen LogP contribution in [0.2, 0.25) is 0 Å². The third-order valence-electron chi connectivity index (χ3n) is 3.99. The van der Waals surface area contributed by atoms with Crippen LogP contribution in [0.1, 0.15) is 15.2 Å². The number of halogens is 4. The minimum absolute atomic E-state index is 0.0294. The van der Waals surface area contributed by atoms with Gasteiger partial charge in [0.1, 0.15) is 5.82 Å². The van der Waals surface area contributed by atoms with Crippen molar-refractivity contribution in [1.29, 1.82) is 0 Å². The summed E-state index contributed by atoms with van der Waals surface area (Å²) in [6.45, 7) is -2.69. The molecule has 0 fully saturated rings. The van der Waals surface area contributed by atoms with Gasteiger partial charge in [-0.2, -0.15) is 13.2 Å². The van der Waals surface area contributed by atoms with Gasteiger partial charge < -0.3 is 5.32 Å². The quantitative estimate of drug-likeness (QED) is 0.634. The number of rotatable bonds is 5. The summed E-state index contributed by atoms with van der Waals surface area (Å²) in [6, 6.07) is 9.40. The largest absolute Gasteiger partial charge is 0.416 e. The maximum atomic E-state index is 13.7. The van der Waals surface area contributed by atoms with E-state index in [9.17, 15) is 26.0 Å². The van der Waals surface area contributed by atoms with E-state index >= 15 is 0 Å². The summed E-state index contributed by atoms with van der Waals surface area (Å²) in [6.07, 6.45) is -3.48. The first-order valence-electron chi connectivity index (χ1n) is 9.42. The maximum Gasteiger partial charge on any atom is 0.416 e. The highest BCUT2D eigenvalue weighted by Gasteiger charge is 2.31. The van der Waals surface area contributed by atoms with E-state index in [1.165, 1.54) is 18.2 Å². The van der Waals surface area contributed by atoms with E-state index in [0.717, 1.165) is 34.4 Å². The molecule has 0 aliphatic heterocycles. The lowest BCUT2D eigenvalue weighted by Gasteiger charge is -2.12. The SMILES string of the molecule is [2H]C([2H])([2H])NCc1cc(-c2cccc(F)c2)n(S(=O)(=O)c2ccc(C(F)(F)F)cc2)c1. The van der Waals surface area contributed by atoms with Gasteiger partial charge in [0, 0.05) is 22.4 Å². The van der Waals surface area contributed by atoms with Gasteiger partial charge in [0.05, 0.1) is 16.2 Å². The molecule has 3 aromatic rings. The number of hydrogen-bond donors (Lipinski definition) is 1. The van der Waals surface area contributed by atoms with Crippen molar-refractivity contribution in [2.75, 3.05) is 6.98 Å². The van der Waals surface area contributed by atoms with Crippen molar-refractivity contribution in [2.24, 2.45) is 0 Å². The van der Waals surface area contributed by atoms with Crippen molar-refractivity contribution < 1.29 is 30.1 Å². The molecule has 1 aromatic heterocycles. The number of alkyl halides is 3. The summed E-state index contributed by atoms with van der Waals surface area (Å²) in [5.41, 5.74) is -0.518. The molecule has 0 aliphatic carbocycles. The first-order chi connectivity index (χ1) is 14.3. The van der Waals surface area contributed by atoms with Gasteiger partial charge in [-0.1, -0.05) is 12.1 Å². The summed E-state index contributed by atoms with van der Waals surface area (Å²) in [7, 11) is -4.37. The lowest BCUT2D eigenvalue weighted by Crippen LogP contribution is -2.14. The molecule has 148 valence electrons. The van der Waals surface area contributed by atoms with Crippen LogP contribution in [0.4, 0.5) is 17.6 Å². The summed E-state index contributed by atoms with van der Waals surface area (Å²) in [4.78, 5) is -0.413. The van der Waals surface area contributed by atoms with Gasteiger partial charge in [-0.3, -0.25) is 0 Å². The predicted molar refractivity (Wildman–Crippen MR) is 96.6 cm³/mol. The number of benzene rings is 2. The van der Waals surface area contributed by atoms with Crippen molar-refractivity contribution in [3.05, 3.63) is 77.7 Å². The fraction of sp³-hybridized carbons (Fsp3) is 0.158. The highest BCUT2D eigenvalue weighted by molar-refractivity contribution is 7.90. The van der Waals surface area contributed by atoms with Crippen LogP contribution < -0.4 is 5.32 Å². The number of aromatic nitrogens is 1. The van der Waals surface area contributed by atoms with Crippen LogP contribution in [0.15, 0.2) is 65.7 Å². The molecule has 0 spiro atoms. The fourth-order valence-corrected chi connectivity index (χ4v) is 4.08. The van der Waals surface area contributed by atoms with Crippen molar-refractivity contribution >= 4 is 10.0 Å². The molecule has 4 nitrogen and oxygen atoms in total. The molecule has 0 saturated heterocycles. The Morgan fingerprint density at radius 2 is 1.82 bits per heavy atom. The van der Waals surface area contributed by atoms with Gasteiger partial charge >= 0.3 is 6.18 Å². The van der Waals surface area contributed by atoms with Gasteiger partial charge in [0.2, 0.25) is 0 Å². The number of hydrogen-bond acceptors (Lipinski definition) is 3. The molecular formula is C19H16F4N2O2S. The molecule has 2 aromatic carbocycles. The van der Waals surface area contributed by atoms with Crippen LogP contribution in [0, 0.1) is 5.82 Å². The van der Waals surface area contributed by atoms with Gasteiger partial charge in [-0.15, -0.1) is 0 Å². The number of nitrogens with one attached hydrogen (secondary N) is 1. The first kappa shape index (κ1) is 16.3. The molecule has 3 rings (SSSR count). The molecule has 0 atom stereocenters. The Balaban J connectivity index is 2.10. The smallest absolute Gasteiger partial charge is 0.316 e. The zero-order valence-electron chi connectivity index (χ0n) is 17.2. The summed E-state index contributed by atoms with van der Waals surface area (Å²) < 4.78 is 101.